The molecular weight excluding hydrogens is 298 g/mol. The Morgan fingerprint density at radius 3 is 3.06 bits per heavy atom. The first kappa shape index (κ1) is 13.3. The SMILES string of the molecule is COc1cncc(Br)c1CN1CCC(C(N)=O)C1. The van der Waals surface area contributed by atoms with Gasteiger partial charge in [0.25, 0.3) is 0 Å². The van der Waals surface area contributed by atoms with Crippen LogP contribution in [0.3, 0.4) is 0 Å². The fourth-order valence-corrected chi connectivity index (χ4v) is 2.64. The topological polar surface area (TPSA) is 68.4 Å². The van der Waals surface area contributed by atoms with Gasteiger partial charge in [-0.25, -0.2) is 0 Å². The van der Waals surface area contributed by atoms with Gasteiger partial charge in [-0.3, -0.25) is 14.7 Å². The molecule has 0 radical (unpaired) electrons. The maximum Gasteiger partial charge on any atom is 0.221 e. The molecular formula is C12H16BrN3O2. The molecule has 1 atom stereocenters. The van der Waals surface area contributed by atoms with E-state index >= 15 is 0 Å². The van der Waals surface area contributed by atoms with Crippen LogP contribution in [0.2, 0.25) is 0 Å². The molecule has 2 heterocycles. The standard InChI is InChI=1S/C12H16BrN3O2/c1-18-11-5-15-4-10(13)9(11)7-16-3-2-8(6-16)12(14)17/h4-5,8H,2-3,6-7H2,1H3,(H2,14,17). The van der Waals surface area contributed by atoms with Crippen molar-refractivity contribution in [2.24, 2.45) is 11.7 Å². The lowest BCUT2D eigenvalue weighted by Crippen LogP contribution is -2.27. The van der Waals surface area contributed by atoms with Gasteiger partial charge < -0.3 is 10.5 Å². The van der Waals surface area contributed by atoms with E-state index in [4.69, 9.17) is 10.5 Å². The molecule has 1 aliphatic rings. The molecule has 0 aromatic carbocycles. The fourth-order valence-electron chi connectivity index (χ4n) is 2.21. The van der Waals surface area contributed by atoms with Gasteiger partial charge in [0.05, 0.1) is 19.2 Å². The predicted molar refractivity (Wildman–Crippen MR) is 71.1 cm³/mol. The molecule has 6 heteroatoms. The Hall–Kier alpha value is -1.14. The number of carbonyl (C=O) groups excluding carboxylic acids is 1. The lowest BCUT2D eigenvalue weighted by molar-refractivity contribution is -0.121. The molecule has 5 nitrogen and oxygen atoms in total. The van der Waals surface area contributed by atoms with Gasteiger partial charge in [0.2, 0.25) is 5.91 Å². The predicted octanol–water partition coefficient (Wildman–Crippen LogP) is 1.16. The number of hydrogen-bond acceptors (Lipinski definition) is 4. The monoisotopic (exact) mass is 313 g/mol. The van der Waals surface area contributed by atoms with E-state index in [1.807, 2.05) is 0 Å². The zero-order valence-electron chi connectivity index (χ0n) is 10.2. The average Bonchev–Trinajstić information content (AvgIpc) is 2.80. The molecule has 1 aromatic heterocycles. The summed E-state index contributed by atoms with van der Waals surface area (Å²) < 4.78 is 6.22. The summed E-state index contributed by atoms with van der Waals surface area (Å²) in [6.07, 6.45) is 4.28. The molecule has 0 aliphatic carbocycles. The smallest absolute Gasteiger partial charge is 0.221 e. The van der Waals surface area contributed by atoms with Gasteiger partial charge in [0.1, 0.15) is 5.75 Å². The number of methoxy groups -OCH3 is 1. The van der Waals surface area contributed by atoms with E-state index in [1.165, 1.54) is 0 Å². The quantitative estimate of drug-likeness (QED) is 0.905. The number of nitrogens with two attached hydrogens (primary N) is 1. The molecule has 1 aromatic rings. The van der Waals surface area contributed by atoms with E-state index in [9.17, 15) is 4.79 Å². The fraction of sp³-hybridized carbons (Fsp3) is 0.500. The second kappa shape index (κ2) is 5.67. The van der Waals surface area contributed by atoms with Gasteiger partial charge in [-0.1, -0.05) is 0 Å². The minimum absolute atomic E-state index is 0.0309. The van der Waals surface area contributed by atoms with Crippen molar-refractivity contribution in [3.05, 3.63) is 22.4 Å². The molecule has 98 valence electrons. The lowest BCUT2D eigenvalue weighted by atomic mass is 10.1. The van der Waals surface area contributed by atoms with Crippen molar-refractivity contribution < 1.29 is 9.53 Å². The van der Waals surface area contributed by atoms with Crippen LogP contribution in [0.5, 0.6) is 5.75 Å². The molecule has 18 heavy (non-hydrogen) atoms. The number of primary amides is 1. The Morgan fingerprint density at radius 2 is 2.44 bits per heavy atom. The van der Waals surface area contributed by atoms with Gasteiger partial charge in [-0.05, 0) is 28.9 Å². The zero-order chi connectivity index (χ0) is 13.1. The summed E-state index contributed by atoms with van der Waals surface area (Å²) in [7, 11) is 1.63. The average molecular weight is 314 g/mol. The Labute approximate surface area is 114 Å². The van der Waals surface area contributed by atoms with Gasteiger partial charge >= 0.3 is 0 Å². The second-order valence-corrected chi connectivity index (χ2v) is 5.28. The van der Waals surface area contributed by atoms with Gasteiger partial charge in [0, 0.05) is 29.3 Å². The number of hydrogen-bond donors (Lipinski definition) is 1. The van der Waals surface area contributed by atoms with Crippen molar-refractivity contribution in [1.82, 2.24) is 9.88 Å². The molecule has 1 aliphatic heterocycles. The highest BCUT2D eigenvalue weighted by Crippen LogP contribution is 2.28. The number of amides is 1. The summed E-state index contributed by atoms with van der Waals surface area (Å²) in [5.41, 5.74) is 6.38. The summed E-state index contributed by atoms with van der Waals surface area (Å²) in [6.45, 7) is 2.33. The Morgan fingerprint density at radius 1 is 1.67 bits per heavy atom. The van der Waals surface area contributed by atoms with Crippen LogP contribution < -0.4 is 10.5 Å². The molecule has 2 rings (SSSR count). The first-order valence-electron chi connectivity index (χ1n) is 5.80. The minimum atomic E-state index is -0.210. The van der Waals surface area contributed by atoms with Crippen molar-refractivity contribution in [2.75, 3.05) is 20.2 Å². The van der Waals surface area contributed by atoms with E-state index in [2.05, 4.69) is 25.8 Å². The Kier molecular flexibility index (Phi) is 4.19. The molecule has 1 saturated heterocycles. The third-order valence-corrected chi connectivity index (χ3v) is 3.93. The molecule has 0 spiro atoms. The van der Waals surface area contributed by atoms with Crippen molar-refractivity contribution in [3.8, 4) is 5.75 Å². The summed E-state index contributed by atoms with van der Waals surface area (Å²) in [4.78, 5) is 17.4. The first-order valence-corrected chi connectivity index (χ1v) is 6.59. The summed E-state index contributed by atoms with van der Waals surface area (Å²) in [5.74, 6) is 0.516. The van der Waals surface area contributed by atoms with Crippen LogP contribution >= 0.6 is 15.9 Å². The summed E-state index contributed by atoms with van der Waals surface area (Å²) >= 11 is 3.48. The number of halogens is 1. The van der Waals surface area contributed by atoms with Crippen LogP contribution in [-0.2, 0) is 11.3 Å². The Balaban J connectivity index is 2.09. The van der Waals surface area contributed by atoms with E-state index in [0.29, 0.717) is 6.54 Å². The number of aromatic nitrogens is 1. The highest BCUT2D eigenvalue weighted by atomic mass is 79.9. The highest BCUT2D eigenvalue weighted by Gasteiger charge is 2.27. The molecule has 1 unspecified atom stereocenters. The van der Waals surface area contributed by atoms with Crippen LogP contribution in [0.15, 0.2) is 16.9 Å². The minimum Gasteiger partial charge on any atom is -0.495 e. The summed E-state index contributed by atoms with van der Waals surface area (Å²) in [6, 6.07) is 0. The van der Waals surface area contributed by atoms with Gasteiger partial charge in [-0.2, -0.15) is 0 Å². The summed E-state index contributed by atoms with van der Waals surface area (Å²) in [5, 5.41) is 0. The molecule has 1 amide bonds. The molecule has 0 saturated carbocycles. The van der Waals surface area contributed by atoms with E-state index in [-0.39, 0.29) is 11.8 Å². The third kappa shape index (κ3) is 2.81. The number of ether oxygens (including phenoxy) is 1. The van der Waals surface area contributed by atoms with Gasteiger partial charge in [-0.15, -0.1) is 0 Å². The van der Waals surface area contributed by atoms with E-state index in [1.54, 1.807) is 19.5 Å². The van der Waals surface area contributed by atoms with E-state index in [0.717, 1.165) is 35.3 Å². The van der Waals surface area contributed by atoms with Crippen molar-refractivity contribution in [3.63, 3.8) is 0 Å². The largest absolute Gasteiger partial charge is 0.495 e. The maximum absolute atomic E-state index is 11.1. The normalized spacial score (nSPS) is 20.0. The zero-order valence-corrected chi connectivity index (χ0v) is 11.8. The van der Waals surface area contributed by atoms with Crippen LogP contribution in [0.1, 0.15) is 12.0 Å². The molecule has 2 N–H and O–H groups in total. The van der Waals surface area contributed by atoms with Crippen molar-refractivity contribution in [1.29, 1.82) is 0 Å². The lowest BCUT2D eigenvalue weighted by Gasteiger charge is -2.18. The number of pyridine rings is 1. The second-order valence-electron chi connectivity index (χ2n) is 4.43. The number of nitrogens with zero attached hydrogens (tertiary/aromatic N) is 2. The Bertz CT molecular complexity index is 453. The number of carbonyl (C=O) groups is 1. The van der Waals surface area contributed by atoms with Crippen LogP contribution in [0, 0.1) is 5.92 Å². The van der Waals surface area contributed by atoms with Crippen LogP contribution in [0.4, 0.5) is 0 Å². The van der Waals surface area contributed by atoms with Crippen molar-refractivity contribution >= 4 is 21.8 Å². The third-order valence-electron chi connectivity index (χ3n) is 3.24. The van der Waals surface area contributed by atoms with Gasteiger partial charge in [0.15, 0.2) is 0 Å². The van der Waals surface area contributed by atoms with Crippen LogP contribution in [-0.4, -0.2) is 36.0 Å². The number of rotatable bonds is 4. The maximum atomic E-state index is 11.1. The molecule has 0 bridgehead atoms. The molecule has 1 fully saturated rings. The number of likely N-dealkylation sites (tertiary alicyclic amines) is 1. The van der Waals surface area contributed by atoms with E-state index < -0.39 is 0 Å². The van der Waals surface area contributed by atoms with Crippen molar-refractivity contribution in [2.45, 2.75) is 13.0 Å². The highest BCUT2D eigenvalue weighted by molar-refractivity contribution is 9.10. The van der Waals surface area contributed by atoms with Crippen LogP contribution in [0.25, 0.3) is 0 Å². The first-order chi connectivity index (χ1) is 8.61.